The zero-order valence-corrected chi connectivity index (χ0v) is 16.4. The summed E-state index contributed by atoms with van der Waals surface area (Å²) in [6.45, 7) is 4.76. The zero-order valence-electron chi connectivity index (χ0n) is 16.4. The summed E-state index contributed by atoms with van der Waals surface area (Å²) in [4.78, 5) is 29.2. The molecule has 148 valence electrons. The van der Waals surface area contributed by atoms with E-state index in [1.807, 2.05) is 50.2 Å². The standard InChI is InChI=1S/C23H23N3O3/c1-3-29-21-11-7-6-10-19(21)26-22(27)17-12-13-24-20(14-17)23(28)25-15-18-9-5-4-8-16(18)2/h4-14H,3,15H2,1-2H3,(H,25,28)(H,26,27). The number of aryl methyl sites for hydroxylation is 1. The van der Waals surface area contributed by atoms with Crippen molar-refractivity contribution in [1.82, 2.24) is 10.3 Å². The molecule has 1 aromatic heterocycles. The summed E-state index contributed by atoms with van der Waals surface area (Å²) in [5.41, 5.74) is 3.22. The van der Waals surface area contributed by atoms with Crippen molar-refractivity contribution < 1.29 is 14.3 Å². The first-order valence-electron chi connectivity index (χ1n) is 9.40. The Morgan fingerprint density at radius 2 is 1.76 bits per heavy atom. The fourth-order valence-electron chi connectivity index (χ4n) is 2.82. The van der Waals surface area contributed by atoms with E-state index in [0.29, 0.717) is 30.2 Å². The van der Waals surface area contributed by atoms with E-state index >= 15 is 0 Å². The van der Waals surface area contributed by atoms with Crippen LogP contribution >= 0.6 is 0 Å². The number of benzene rings is 2. The molecule has 2 amide bonds. The maximum absolute atomic E-state index is 12.6. The fourth-order valence-corrected chi connectivity index (χ4v) is 2.82. The van der Waals surface area contributed by atoms with Gasteiger partial charge in [0.05, 0.1) is 12.3 Å². The van der Waals surface area contributed by atoms with Gasteiger partial charge in [-0.05, 0) is 49.2 Å². The molecule has 0 atom stereocenters. The van der Waals surface area contributed by atoms with Crippen LogP contribution in [0.5, 0.6) is 5.75 Å². The van der Waals surface area contributed by atoms with Crippen LogP contribution in [0.4, 0.5) is 5.69 Å². The summed E-state index contributed by atoms with van der Waals surface area (Å²) in [6, 6.07) is 18.1. The largest absolute Gasteiger partial charge is 0.492 e. The number of aromatic nitrogens is 1. The number of rotatable bonds is 7. The molecule has 1 heterocycles. The van der Waals surface area contributed by atoms with E-state index in [4.69, 9.17) is 4.74 Å². The quantitative estimate of drug-likeness (QED) is 0.641. The number of hydrogen-bond donors (Lipinski definition) is 2. The first-order valence-corrected chi connectivity index (χ1v) is 9.40. The van der Waals surface area contributed by atoms with Gasteiger partial charge >= 0.3 is 0 Å². The van der Waals surface area contributed by atoms with Crippen molar-refractivity contribution in [3.05, 3.63) is 89.2 Å². The molecule has 0 saturated carbocycles. The van der Waals surface area contributed by atoms with Crippen LogP contribution in [-0.4, -0.2) is 23.4 Å². The van der Waals surface area contributed by atoms with Crippen LogP contribution in [0.3, 0.4) is 0 Å². The average Bonchev–Trinajstić information content (AvgIpc) is 2.74. The maximum Gasteiger partial charge on any atom is 0.270 e. The van der Waals surface area contributed by atoms with E-state index in [0.717, 1.165) is 11.1 Å². The lowest BCUT2D eigenvalue weighted by molar-refractivity contribution is 0.0946. The lowest BCUT2D eigenvalue weighted by Crippen LogP contribution is -2.24. The van der Waals surface area contributed by atoms with Crippen LogP contribution in [-0.2, 0) is 6.54 Å². The van der Waals surface area contributed by atoms with E-state index in [9.17, 15) is 9.59 Å². The number of carbonyl (C=O) groups excluding carboxylic acids is 2. The van der Waals surface area contributed by atoms with Crippen LogP contribution in [0.2, 0.25) is 0 Å². The van der Waals surface area contributed by atoms with Gasteiger partial charge in [-0.1, -0.05) is 36.4 Å². The monoisotopic (exact) mass is 389 g/mol. The number of anilines is 1. The fraction of sp³-hybridized carbons (Fsp3) is 0.174. The minimum Gasteiger partial charge on any atom is -0.492 e. The van der Waals surface area contributed by atoms with E-state index < -0.39 is 0 Å². The first-order chi connectivity index (χ1) is 14.1. The normalized spacial score (nSPS) is 10.3. The first kappa shape index (κ1) is 20.1. The van der Waals surface area contributed by atoms with E-state index in [2.05, 4.69) is 15.6 Å². The Kier molecular flexibility index (Phi) is 6.58. The van der Waals surface area contributed by atoms with Gasteiger partial charge in [0.2, 0.25) is 0 Å². The Hall–Kier alpha value is -3.67. The third-order valence-electron chi connectivity index (χ3n) is 4.39. The van der Waals surface area contributed by atoms with Gasteiger partial charge in [0, 0.05) is 18.3 Å². The van der Waals surface area contributed by atoms with Gasteiger partial charge in [0.25, 0.3) is 11.8 Å². The molecule has 0 fully saturated rings. The van der Waals surface area contributed by atoms with Crippen molar-refractivity contribution in [1.29, 1.82) is 0 Å². The molecule has 0 aliphatic carbocycles. The SMILES string of the molecule is CCOc1ccccc1NC(=O)c1ccnc(C(=O)NCc2ccccc2C)c1. The second-order valence-electron chi connectivity index (χ2n) is 6.42. The number of pyridine rings is 1. The molecule has 29 heavy (non-hydrogen) atoms. The summed E-state index contributed by atoms with van der Waals surface area (Å²) in [5, 5.41) is 5.66. The highest BCUT2D eigenvalue weighted by molar-refractivity contribution is 6.06. The van der Waals surface area contributed by atoms with Crippen LogP contribution in [0.25, 0.3) is 0 Å². The second kappa shape index (κ2) is 9.50. The third-order valence-corrected chi connectivity index (χ3v) is 4.39. The summed E-state index contributed by atoms with van der Waals surface area (Å²) >= 11 is 0. The molecule has 2 aromatic carbocycles. The van der Waals surface area contributed by atoms with Crippen LogP contribution in [0, 0.1) is 6.92 Å². The molecule has 0 unspecified atom stereocenters. The van der Waals surface area contributed by atoms with Crippen molar-refractivity contribution in [3.8, 4) is 5.75 Å². The van der Waals surface area contributed by atoms with Crippen LogP contribution in [0.1, 0.15) is 38.9 Å². The molecule has 0 aliphatic rings. The maximum atomic E-state index is 12.6. The Balaban J connectivity index is 1.69. The number of carbonyl (C=O) groups is 2. The van der Waals surface area contributed by atoms with Gasteiger partial charge < -0.3 is 15.4 Å². The number of hydrogen-bond acceptors (Lipinski definition) is 4. The molecule has 0 bridgehead atoms. The number of nitrogens with one attached hydrogen (secondary N) is 2. The topological polar surface area (TPSA) is 80.3 Å². The number of nitrogens with zero attached hydrogens (tertiary/aromatic N) is 1. The highest BCUT2D eigenvalue weighted by atomic mass is 16.5. The van der Waals surface area contributed by atoms with E-state index in [-0.39, 0.29) is 17.5 Å². The molecule has 6 nitrogen and oxygen atoms in total. The molecular formula is C23H23N3O3. The zero-order chi connectivity index (χ0) is 20.6. The molecular weight excluding hydrogens is 366 g/mol. The Bertz CT molecular complexity index is 1020. The van der Waals surface area contributed by atoms with Crippen LogP contribution < -0.4 is 15.4 Å². The predicted octanol–water partition coefficient (Wildman–Crippen LogP) is 3.97. The van der Waals surface area contributed by atoms with Gasteiger partial charge in [0.15, 0.2) is 0 Å². The van der Waals surface area contributed by atoms with Crippen molar-refractivity contribution >= 4 is 17.5 Å². The van der Waals surface area contributed by atoms with Crippen molar-refractivity contribution in [2.24, 2.45) is 0 Å². The molecule has 3 aromatic rings. The lowest BCUT2D eigenvalue weighted by atomic mass is 10.1. The Morgan fingerprint density at radius 3 is 2.55 bits per heavy atom. The van der Waals surface area contributed by atoms with Crippen molar-refractivity contribution in [2.45, 2.75) is 20.4 Å². The van der Waals surface area contributed by atoms with Gasteiger partial charge in [-0.2, -0.15) is 0 Å². The van der Waals surface area contributed by atoms with Gasteiger partial charge in [-0.15, -0.1) is 0 Å². The molecule has 3 rings (SSSR count). The predicted molar refractivity (Wildman–Crippen MR) is 112 cm³/mol. The Labute approximate surface area is 169 Å². The molecule has 0 aliphatic heterocycles. The minimum absolute atomic E-state index is 0.185. The number of amides is 2. The highest BCUT2D eigenvalue weighted by Gasteiger charge is 2.14. The van der Waals surface area contributed by atoms with Gasteiger partial charge in [0.1, 0.15) is 11.4 Å². The molecule has 0 saturated heterocycles. The average molecular weight is 389 g/mol. The van der Waals surface area contributed by atoms with Crippen LogP contribution in [0.15, 0.2) is 66.9 Å². The molecule has 0 spiro atoms. The van der Waals surface area contributed by atoms with Gasteiger partial charge in [-0.3, -0.25) is 14.6 Å². The summed E-state index contributed by atoms with van der Waals surface area (Å²) in [7, 11) is 0. The number of ether oxygens (including phenoxy) is 1. The summed E-state index contributed by atoms with van der Waals surface area (Å²) in [6.07, 6.45) is 1.45. The van der Waals surface area contributed by atoms with E-state index in [1.54, 1.807) is 18.2 Å². The minimum atomic E-state index is -0.340. The van der Waals surface area contributed by atoms with Gasteiger partial charge in [-0.25, -0.2) is 0 Å². The number of para-hydroxylation sites is 2. The van der Waals surface area contributed by atoms with Crippen molar-refractivity contribution in [3.63, 3.8) is 0 Å². The summed E-state index contributed by atoms with van der Waals surface area (Å²) < 4.78 is 5.53. The summed E-state index contributed by atoms with van der Waals surface area (Å²) in [5.74, 6) is -0.0845. The van der Waals surface area contributed by atoms with E-state index in [1.165, 1.54) is 12.3 Å². The lowest BCUT2D eigenvalue weighted by Gasteiger charge is -2.12. The molecule has 0 radical (unpaired) electrons. The highest BCUT2D eigenvalue weighted by Crippen LogP contribution is 2.24. The Morgan fingerprint density at radius 1 is 1.00 bits per heavy atom. The smallest absolute Gasteiger partial charge is 0.270 e. The van der Waals surface area contributed by atoms with Crippen molar-refractivity contribution in [2.75, 3.05) is 11.9 Å². The third kappa shape index (κ3) is 5.19. The molecule has 6 heteroatoms. The second-order valence-corrected chi connectivity index (χ2v) is 6.42. The molecule has 2 N–H and O–H groups in total.